The third kappa shape index (κ3) is 4.58. The van der Waals surface area contributed by atoms with Crippen LogP contribution in [-0.2, 0) is 0 Å². The van der Waals surface area contributed by atoms with Crippen LogP contribution in [0, 0.1) is 11.3 Å². The zero-order valence-corrected chi connectivity index (χ0v) is 11.8. The standard InChI is InChI=1S/C14H16F3N3O2/c15-14(16,17)12(21)9-20-5-1-2-11(8-20)22-13-6-10(7-18)3-4-19-13/h3-4,6,11-12,21H,1-2,5,8-9H2. The number of likely N-dealkylation sites (tertiary alicyclic amines) is 1. The molecule has 2 heterocycles. The van der Waals surface area contributed by atoms with Gasteiger partial charge in [0, 0.05) is 25.4 Å². The minimum absolute atomic E-state index is 0.280. The number of pyridine rings is 1. The first-order valence-electron chi connectivity index (χ1n) is 6.88. The molecular weight excluding hydrogens is 299 g/mol. The summed E-state index contributed by atoms with van der Waals surface area (Å²) in [4.78, 5) is 5.51. The molecule has 120 valence electrons. The molecule has 1 fully saturated rings. The molecule has 0 spiro atoms. The minimum Gasteiger partial charge on any atom is -0.473 e. The average Bonchev–Trinajstić information content (AvgIpc) is 2.47. The monoisotopic (exact) mass is 315 g/mol. The summed E-state index contributed by atoms with van der Waals surface area (Å²) in [6.07, 6.45) is -4.47. The predicted molar refractivity (Wildman–Crippen MR) is 71.1 cm³/mol. The predicted octanol–water partition coefficient (Wildman–Crippen LogP) is 1.72. The summed E-state index contributed by atoms with van der Waals surface area (Å²) >= 11 is 0. The van der Waals surface area contributed by atoms with Crippen LogP contribution in [0.2, 0.25) is 0 Å². The number of ether oxygens (including phenoxy) is 1. The molecule has 0 bridgehead atoms. The molecule has 1 aromatic rings. The Bertz CT molecular complexity index is 545. The highest BCUT2D eigenvalue weighted by atomic mass is 19.4. The van der Waals surface area contributed by atoms with Gasteiger partial charge in [-0.3, -0.25) is 4.90 Å². The van der Waals surface area contributed by atoms with Crippen molar-refractivity contribution >= 4 is 0 Å². The molecule has 0 amide bonds. The maximum atomic E-state index is 12.4. The van der Waals surface area contributed by atoms with Crippen molar-refractivity contribution in [3.8, 4) is 11.9 Å². The second kappa shape index (κ2) is 6.94. The molecule has 1 N–H and O–H groups in total. The lowest BCUT2D eigenvalue weighted by Gasteiger charge is -2.34. The highest BCUT2D eigenvalue weighted by Crippen LogP contribution is 2.23. The lowest BCUT2D eigenvalue weighted by Crippen LogP contribution is -2.47. The summed E-state index contributed by atoms with van der Waals surface area (Å²) in [6.45, 7) is 0.305. The van der Waals surface area contributed by atoms with Gasteiger partial charge in [0.25, 0.3) is 0 Å². The number of nitrogens with zero attached hydrogens (tertiary/aromatic N) is 3. The van der Waals surface area contributed by atoms with E-state index in [-0.39, 0.29) is 18.5 Å². The summed E-state index contributed by atoms with van der Waals surface area (Å²) in [5.41, 5.74) is 0.408. The van der Waals surface area contributed by atoms with E-state index in [1.807, 2.05) is 6.07 Å². The van der Waals surface area contributed by atoms with Crippen molar-refractivity contribution in [1.29, 1.82) is 5.26 Å². The van der Waals surface area contributed by atoms with Gasteiger partial charge in [0.05, 0.1) is 11.6 Å². The number of alkyl halides is 3. The number of aliphatic hydroxyl groups is 1. The maximum absolute atomic E-state index is 12.4. The van der Waals surface area contributed by atoms with Gasteiger partial charge in [-0.25, -0.2) is 4.98 Å². The SMILES string of the molecule is N#Cc1ccnc(OC2CCCN(CC(O)C(F)(F)F)C2)c1. The molecule has 1 aromatic heterocycles. The Morgan fingerprint density at radius 3 is 3.00 bits per heavy atom. The quantitative estimate of drug-likeness (QED) is 0.916. The van der Waals surface area contributed by atoms with Crippen molar-refractivity contribution in [1.82, 2.24) is 9.88 Å². The first kappa shape index (κ1) is 16.5. The van der Waals surface area contributed by atoms with Crippen LogP contribution < -0.4 is 4.74 Å². The fraction of sp³-hybridized carbons (Fsp3) is 0.571. The molecule has 0 saturated carbocycles. The van der Waals surface area contributed by atoms with Crippen LogP contribution in [0.15, 0.2) is 18.3 Å². The highest BCUT2D eigenvalue weighted by Gasteiger charge is 2.39. The zero-order valence-electron chi connectivity index (χ0n) is 11.8. The van der Waals surface area contributed by atoms with Crippen LogP contribution in [0.5, 0.6) is 5.88 Å². The number of aromatic nitrogens is 1. The number of nitriles is 1. The van der Waals surface area contributed by atoms with Gasteiger partial charge >= 0.3 is 6.18 Å². The Morgan fingerprint density at radius 2 is 2.32 bits per heavy atom. The summed E-state index contributed by atoms with van der Waals surface area (Å²) in [6, 6.07) is 5.00. The molecule has 2 rings (SSSR count). The van der Waals surface area contributed by atoms with E-state index >= 15 is 0 Å². The highest BCUT2D eigenvalue weighted by molar-refractivity contribution is 5.31. The molecule has 22 heavy (non-hydrogen) atoms. The molecule has 0 aliphatic carbocycles. The number of hydrogen-bond donors (Lipinski definition) is 1. The normalized spacial score (nSPS) is 21.1. The average molecular weight is 315 g/mol. The molecule has 1 saturated heterocycles. The molecule has 1 aliphatic heterocycles. The van der Waals surface area contributed by atoms with Gasteiger partial charge in [-0.05, 0) is 25.5 Å². The largest absolute Gasteiger partial charge is 0.473 e. The van der Waals surface area contributed by atoms with Crippen LogP contribution >= 0.6 is 0 Å². The van der Waals surface area contributed by atoms with E-state index in [0.29, 0.717) is 24.9 Å². The Morgan fingerprint density at radius 1 is 1.55 bits per heavy atom. The van der Waals surface area contributed by atoms with E-state index in [4.69, 9.17) is 15.1 Å². The summed E-state index contributed by atoms with van der Waals surface area (Å²) in [7, 11) is 0. The van der Waals surface area contributed by atoms with Crippen molar-refractivity contribution in [3.63, 3.8) is 0 Å². The second-order valence-corrected chi connectivity index (χ2v) is 5.19. The first-order chi connectivity index (χ1) is 10.4. The maximum Gasteiger partial charge on any atom is 0.415 e. The van der Waals surface area contributed by atoms with Crippen LogP contribution in [0.3, 0.4) is 0 Å². The van der Waals surface area contributed by atoms with Gasteiger partial charge in [0.15, 0.2) is 6.10 Å². The molecule has 1 aliphatic rings. The van der Waals surface area contributed by atoms with Gasteiger partial charge in [0.1, 0.15) is 6.10 Å². The van der Waals surface area contributed by atoms with Gasteiger partial charge in [-0.2, -0.15) is 18.4 Å². The first-order valence-corrected chi connectivity index (χ1v) is 6.88. The van der Waals surface area contributed by atoms with Crippen LogP contribution in [0.4, 0.5) is 13.2 Å². The van der Waals surface area contributed by atoms with Crippen molar-refractivity contribution in [2.75, 3.05) is 19.6 Å². The van der Waals surface area contributed by atoms with E-state index in [0.717, 1.165) is 0 Å². The summed E-state index contributed by atoms with van der Waals surface area (Å²) < 4.78 is 42.8. The molecule has 0 radical (unpaired) electrons. The van der Waals surface area contributed by atoms with Gasteiger partial charge < -0.3 is 9.84 Å². The molecule has 5 nitrogen and oxygen atoms in total. The van der Waals surface area contributed by atoms with E-state index < -0.39 is 18.8 Å². The third-order valence-corrected chi connectivity index (χ3v) is 3.42. The lowest BCUT2D eigenvalue weighted by atomic mass is 10.1. The third-order valence-electron chi connectivity index (χ3n) is 3.42. The topological polar surface area (TPSA) is 69.4 Å². The second-order valence-electron chi connectivity index (χ2n) is 5.19. The van der Waals surface area contributed by atoms with Crippen molar-refractivity contribution in [2.45, 2.75) is 31.2 Å². The van der Waals surface area contributed by atoms with Gasteiger partial charge in [-0.15, -0.1) is 0 Å². The van der Waals surface area contributed by atoms with Crippen molar-refractivity contribution < 1.29 is 23.0 Å². The molecule has 2 atom stereocenters. The number of piperidine rings is 1. The Balaban J connectivity index is 1.92. The van der Waals surface area contributed by atoms with Crippen LogP contribution in [0.1, 0.15) is 18.4 Å². The van der Waals surface area contributed by atoms with E-state index in [2.05, 4.69) is 4.98 Å². The van der Waals surface area contributed by atoms with Gasteiger partial charge in [-0.1, -0.05) is 0 Å². The van der Waals surface area contributed by atoms with Gasteiger partial charge in [0.2, 0.25) is 5.88 Å². The minimum atomic E-state index is -4.61. The van der Waals surface area contributed by atoms with Crippen LogP contribution in [0.25, 0.3) is 0 Å². The number of halogens is 3. The van der Waals surface area contributed by atoms with Crippen molar-refractivity contribution in [2.24, 2.45) is 0 Å². The number of β-amino-alcohol motifs (C(OH)–C–C–N with tert-alkyl or cyclic N) is 1. The summed E-state index contributed by atoms with van der Waals surface area (Å²) in [5, 5.41) is 17.9. The number of rotatable bonds is 4. The molecule has 8 heteroatoms. The lowest BCUT2D eigenvalue weighted by molar-refractivity contribution is -0.209. The van der Waals surface area contributed by atoms with E-state index in [1.54, 1.807) is 6.07 Å². The molecule has 0 aromatic carbocycles. The number of aliphatic hydroxyl groups excluding tert-OH is 1. The zero-order chi connectivity index (χ0) is 16.2. The molecular formula is C14H16F3N3O2. The number of hydrogen-bond acceptors (Lipinski definition) is 5. The Kier molecular flexibility index (Phi) is 5.21. The van der Waals surface area contributed by atoms with Crippen LogP contribution in [-0.4, -0.2) is 53.0 Å². The fourth-order valence-electron chi connectivity index (χ4n) is 2.34. The van der Waals surface area contributed by atoms with E-state index in [9.17, 15) is 13.2 Å². The molecule has 2 unspecified atom stereocenters. The smallest absolute Gasteiger partial charge is 0.415 e. The van der Waals surface area contributed by atoms with E-state index in [1.165, 1.54) is 17.2 Å². The fourth-order valence-corrected chi connectivity index (χ4v) is 2.34. The summed E-state index contributed by atoms with van der Waals surface area (Å²) in [5.74, 6) is 0.280. The van der Waals surface area contributed by atoms with Crippen molar-refractivity contribution in [3.05, 3.63) is 23.9 Å². The Hall–Kier alpha value is -1.85. The Labute approximate surface area is 125 Å².